The number of carbonyl (C=O) groups excluding carboxylic acids is 1. The standard InChI is InChI=1S/C12H12N2O5/c1-6(15)19-11-3-7-2-9(11)8-4-12(14(17)18)13(16)5-10(7)8/h4-5,7,9,11H,2-3H2,1H3/t7-,9-,11+/m0/s1. The lowest BCUT2D eigenvalue weighted by molar-refractivity contribution is -0.665. The second kappa shape index (κ2) is 3.91. The van der Waals surface area contributed by atoms with Crippen molar-refractivity contribution in [1.82, 2.24) is 0 Å². The molecule has 1 aromatic heterocycles. The van der Waals surface area contributed by atoms with Crippen LogP contribution in [0.2, 0.25) is 0 Å². The van der Waals surface area contributed by atoms with Crippen LogP contribution in [0.4, 0.5) is 5.82 Å². The van der Waals surface area contributed by atoms with Gasteiger partial charge < -0.3 is 9.94 Å². The maximum Gasteiger partial charge on any atom is 0.513 e. The summed E-state index contributed by atoms with van der Waals surface area (Å²) in [7, 11) is 0. The van der Waals surface area contributed by atoms with Crippen molar-refractivity contribution in [2.75, 3.05) is 0 Å². The van der Waals surface area contributed by atoms with E-state index in [1.54, 1.807) is 0 Å². The Hall–Kier alpha value is -2.18. The van der Waals surface area contributed by atoms with Crippen molar-refractivity contribution < 1.29 is 19.2 Å². The Kier molecular flexibility index (Phi) is 2.44. The zero-order valence-electron chi connectivity index (χ0n) is 10.2. The minimum atomic E-state index is -0.694. The third-order valence-corrected chi connectivity index (χ3v) is 3.95. The van der Waals surface area contributed by atoms with Gasteiger partial charge in [-0.25, -0.2) is 0 Å². The van der Waals surface area contributed by atoms with Crippen LogP contribution < -0.4 is 4.73 Å². The summed E-state index contributed by atoms with van der Waals surface area (Å²) in [5.41, 5.74) is 1.63. The molecule has 0 spiro atoms. The van der Waals surface area contributed by atoms with Crippen molar-refractivity contribution in [3.05, 3.63) is 38.7 Å². The van der Waals surface area contributed by atoms with Gasteiger partial charge in [0.25, 0.3) is 0 Å². The first-order chi connectivity index (χ1) is 8.97. The molecule has 2 bridgehead atoms. The molecule has 0 aromatic carbocycles. The number of rotatable bonds is 2. The Morgan fingerprint density at radius 1 is 1.47 bits per heavy atom. The van der Waals surface area contributed by atoms with Gasteiger partial charge in [-0.15, -0.1) is 4.73 Å². The van der Waals surface area contributed by atoms with E-state index in [2.05, 4.69) is 0 Å². The third-order valence-electron chi connectivity index (χ3n) is 3.95. The number of hydrogen-bond donors (Lipinski definition) is 0. The fraction of sp³-hybridized carbons (Fsp3) is 0.500. The van der Waals surface area contributed by atoms with Gasteiger partial charge in [0.2, 0.25) is 0 Å². The monoisotopic (exact) mass is 264 g/mol. The second-order valence-electron chi connectivity index (χ2n) is 5.05. The number of hydrogen-bond acceptors (Lipinski definition) is 5. The minimum Gasteiger partial charge on any atom is -0.614 e. The molecule has 3 atom stereocenters. The molecule has 2 aliphatic carbocycles. The molecular formula is C12H12N2O5. The normalized spacial score (nSPS) is 27.1. The molecule has 2 aliphatic rings. The van der Waals surface area contributed by atoms with Crippen LogP contribution >= 0.6 is 0 Å². The Morgan fingerprint density at radius 3 is 2.84 bits per heavy atom. The minimum absolute atomic E-state index is 0.0243. The van der Waals surface area contributed by atoms with Gasteiger partial charge in [0, 0.05) is 18.4 Å². The van der Waals surface area contributed by atoms with E-state index in [0.717, 1.165) is 17.5 Å². The average molecular weight is 264 g/mol. The molecule has 100 valence electrons. The number of pyridine rings is 1. The van der Waals surface area contributed by atoms with E-state index < -0.39 is 10.7 Å². The van der Waals surface area contributed by atoms with Crippen molar-refractivity contribution in [1.29, 1.82) is 0 Å². The number of aromatic nitrogens is 1. The predicted octanol–water partition coefficient (Wildman–Crippen LogP) is 1.13. The zero-order valence-corrected chi connectivity index (χ0v) is 10.2. The summed E-state index contributed by atoms with van der Waals surface area (Å²) in [6.45, 7) is 1.35. The molecule has 1 heterocycles. The van der Waals surface area contributed by atoms with Gasteiger partial charge in [-0.2, -0.15) is 0 Å². The van der Waals surface area contributed by atoms with Gasteiger partial charge in [0.05, 0.1) is 6.07 Å². The Labute approximate surface area is 108 Å². The molecule has 0 unspecified atom stereocenters. The molecule has 0 aliphatic heterocycles. The van der Waals surface area contributed by atoms with Crippen LogP contribution in [-0.4, -0.2) is 17.0 Å². The van der Waals surface area contributed by atoms with Crippen molar-refractivity contribution in [2.24, 2.45) is 0 Å². The highest BCUT2D eigenvalue weighted by atomic mass is 16.6. The van der Waals surface area contributed by atoms with Gasteiger partial charge in [-0.05, 0) is 24.3 Å². The smallest absolute Gasteiger partial charge is 0.513 e. The van der Waals surface area contributed by atoms with Gasteiger partial charge >= 0.3 is 11.8 Å². The summed E-state index contributed by atoms with van der Waals surface area (Å²) in [5.74, 6) is -0.689. The van der Waals surface area contributed by atoms with E-state index in [-0.39, 0.29) is 23.9 Å². The highest BCUT2D eigenvalue weighted by Crippen LogP contribution is 2.54. The highest BCUT2D eigenvalue weighted by Gasteiger charge is 2.48. The van der Waals surface area contributed by atoms with Crippen LogP contribution in [0.15, 0.2) is 12.3 Å². The molecule has 3 rings (SSSR count). The lowest BCUT2D eigenvalue weighted by atomic mass is 9.91. The molecule has 0 radical (unpaired) electrons. The zero-order chi connectivity index (χ0) is 13.7. The molecule has 1 saturated carbocycles. The Bertz CT molecular complexity index is 586. The van der Waals surface area contributed by atoms with Gasteiger partial charge in [0.1, 0.15) is 11.0 Å². The van der Waals surface area contributed by atoms with E-state index in [4.69, 9.17) is 4.74 Å². The number of carbonyl (C=O) groups is 1. The number of fused-ring (bicyclic) bond motifs is 5. The molecule has 0 amide bonds. The molecule has 7 heteroatoms. The number of nitro groups is 1. The summed E-state index contributed by atoms with van der Waals surface area (Å²) in [6.07, 6.45) is 2.54. The maximum atomic E-state index is 11.5. The molecule has 0 saturated heterocycles. The van der Waals surface area contributed by atoms with E-state index in [1.165, 1.54) is 19.2 Å². The third kappa shape index (κ3) is 1.73. The predicted molar refractivity (Wildman–Crippen MR) is 62.3 cm³/mol. The molecule has 19 heavy (non-hydrogen) atoms. The van der Waals surface area contributed by atoms with Crippen LogP contribution in [0.5, 0.6) is 0 Å². The van der Waals surface area contributed by atoms with Crippen molar-refractivity contribution >= 4 is 11.8 Å². The van der Waals surface area contributed by atoms with Crippen LogP contribution in [0.25, 0.3) is 0 Å². The topological polar surface area (TPSA) is 96.4 Å². The summed E-state index contributed by atoms with van der Waals surface area (Å²) in [6, 6.07) is 1.32. The van der Waals surface area contributed by atoms with E-state index in [9.17, 15) is 20.1 Å². The van der Waals surface area contributed by atoms with Crippen molar-refractivity contribution in [2.45, 2.75) is 37.7 Å². The van der Waals surface area contributed by atoms with E-state index >= 15 is 0 Å². The van der Waals surface area contributed by atoms with Crippen LogP contribution in [0, 0.1) is 15.3 Å². The SMILES string of the molecule is CC(=O)O[C@@H]1C[C@@H]2C[C@H]1c1cc([N+](=O)[O-])[n+]([O-])cc12. The van der Waals surface area contributed by atoms with Crippen molar-refractivity contribution in [3.8, 4) is 0 Å². The van der Waals surface area contributed by atoms with Crippen LogP contribution in [-0.2, 0) is 9.53 Å². The average Bonchev–Trinajstić information content (AvgIpc) is 2.84. The molecule has 7 nitrogen and oxygen atoms in total. The summed E-state index contributed by atoms with van der Waals surface area (Å²) in [5, 5.41) is 22.3. The Morgan fingerprint density at radius 2 is 2.21 bits per heavy atom. The fourth-order valence-electron chi connectivity index (χ4n) is 3.27. The van der Waals surface area contributed by atoms with Crippen LogP contribution in [0.3, 0.4) is 0 Å². The second-order valence-corrected chi connectivity index (χ2v) is 5.05. The molecular weight excluding hydrogens is 252 g/mol. The number of esters is 1. The Balaban J connectivity index is 2.00. The molecule has 1 fully saturated rings. The summed E-state index contributed by atoms with van der Waals surface area (Å²) >= 11 is 0. The fourth-order valence-corrected chi connectivity index (χ4v) is 3.27. The molecule has 0 N–H and O–H groups in total. The first-order valence-electron chi connectivity index (χ1n) is 6.06. The summed E-state index contributed by atoms with van der Waals surface area (Å²) in [4.78, 5) is 21.1. The highest BCUT2D eigenvalue weighted by molar-refractivity contribution is 5.66. The van der Waals surface area contributed by atoms with E-state index in [1.807, 2.05) is 0 Å². The first kappa shape index (κ1) is 11.9. The number of nitrogens with zero attached hydrogens (tertiary/aromatic N) is 2. The number of ether oxygens (including phenoxy) is 1. The summed E-state index contributed by atoms with van der Waals surface area (Å²) < 4.78 is 5.54. The molecule has 1 aromatic rings. The first-order valence-corrected chi connectivity index (χ1v) is 6.06. The van der Waals surface area contributed by atoms with Gasteiger partial charge in [-0.3, -0.25) is 14.9 Å². The quantitative estimate of drug-likeness (QED) is 0.262. The maximum absolute atomic E-state index is 11.5. The van der Waals surface area contributed by atoms with E-state index in [0.29, 0.717) is 11.2 Å². The largest absolute Gasteiger partial charge is 0.614 e. The lowest BCUT2D eigenvalue weighted by Gasteiger charge is -2.22. The van der Waals surface area contributed by atoms with Gasteiger partial charge in [-0.1, -0.05) is 0 Å². The van der Waals surface area contributed by atoms with Crippen LogP contribution in [0.1, 0.15) is 42.7 Å². The van der Waals surface area contributed by atoms with Crippen molar-refractivity contribution in [3.63, 3.8) is 0 Å². The lowest BCUT2D eigenvalue weighted by Crippen LogP contribution is -2.32. The van der Waals surface area contributed by atoms with Gasteiger partial charge in [0.15, 0.2) is 6.20 Å².